The van der Waals surface area contributed by atoms with Crippen molar-refractivity contribution in [3.63, 3.8) is 0 Å². The molecule has 1 aliphatic rings. The summed E-state index contributed by atoms with van der Waals surface area (Å²) in [4.78, 5) is 0. The van der Waals surface area contributed by atoms with Crippen LogP contribution in [-0.4, -0.2) is 29.5 Å². The van der Waals surface area contributed by atoms with Crippen LogP contribution in [-0.2, 0) is 4.74 Å². The largest absolute Gasteiger partial charge is 0.508 e. The molecule has 0 bridgehead atoms. The van der Waals surface area contributed by atoms with Crippen LogP contribution >= 0.6 is 0 Å². The molecule has 0 spiro atoms. The predicted molar refractivity (Wildman–Crippen MR) is 69.7 cm³/mol. The van der Waals surface area contributed by atoms with E-state index < -0.39 is 0 Å². The normalized spacial score (nSPS) is 25.9. The van der Waals surface area contributed by atoms with Gasteiger partial charge >= 0.3 is 0 Å². The lowest BCUT2D eigenvalue weighted by atomic mass is 9.96. The molecule has 0 saturated carbocycles. The summed E-state index contributed by atoms with van der Waals surface area (Å²) in [5, 5.41) is 22.5. The molecule has 0 aliphatic carbocycles. The van der Waals surface area contributed by atoms with Gasteiger partial charge in [-0.15, -0.1) is 0 Å². The number of phenols is 2. The van der Waals surface area contributed by atoms with Gasteiger partial charge in [-0.3, -0.25) is 0 Å². The minimum atomic E-state index is 0.0912. The Labute approximate surface area is 108 Å². The highest BCUT2D eigenvalue weighted by atomic mass is 16.5. The fourth-order valence-corrected chi connectivity index (χ4v) is 2.41. The molecule has 4 nitrogen and oxygen atoms in total. The van der Waals surface area contributed by atoms with Gasteiger partial charge in [0.15, 0.2) is 0 Å². The smallest absolute Gasteiger partial charge is 0.119 e. The molecule has 2 rings (SSSR count). The molecule has 0 aromatic heterocycles. The lowest BCUT2D eigenvalue weighted by molar-refractivity contribution is 0.0363. The number of phenolic OH excluding ortho intramolecular Hbond substituents is 2. The highest BCUT2D eigenvalue weighted by Gasteiger charge is 2.23. The van der Waals surface area contributed by atoms with Gasteiger partial charge in [-0.2, -0.15) is 0 Å². The van der Waals surface area contributed by atoms with Crippen LogP contribution in [0.3, 0.4) is 0 Å². The monoisotopic (exact) mass is 251 g/mol. The first-order chi connectivity index (χ1) is 8.56. The number of nitrogens with one attached hydrogen (secondary N) is 1. The third kappa shape index (κ3) is 3.15. The Kier molecular flexibility index (Phi) is 4.09. The molecule has 1 aromatic carbocycles. The topological polar surface area (TPSA) is 61.7 Å². The minimum absolute atomic E-state index is 0.0912. The fourth-order valence-electron chi connectivity index (χ4n) is 2.41. The number of ether oxygens (including phenoxy) is 1. The summed E-state index contributed by atoms with van der Waals surface area (Å²) in [5.74, 6) is 0.671. The second-order valence-electron chi connectivity index (χ2n) is 5.12. The van der Waals surface area contributed by atoms with Gasteiger partial charge in [-0.25, -0.2) is 0 Å². The molecule has 1 saturated heterocycles. The number of benzene rings is 1. The van der Waals surface area contributed by atoms with Gasteiger partial charge in [0.2, 0.25) is 0 Å². The number of hydrogen-bond donors (Lipinski definition) is 3. The van der Waals surface area contributed by atoms with E-state index in [9.17, 15) is 10.2 Å². The molecular weight excluding hydrogens is 230 g/mol. The van der Waals surface area contributed by atoms with Crippen molar-refractivity contribution in [3.05, 3.63) is 23.8 Å². The van der Waals surface area contributed by atoms with Gasteiger partial charge in [-0.05, 0) is 37.0 Å². The Morgan fingerprint density at radius 2 is 1.94 bits per heavy atom. The van der Waals surface area contributed by atoms with Crippen LogP contribution < -0.4 is 5.32 Å². The molecule has 0 radical (unpaired) electrons. The molecule has 1 aliphatic heterocycles. The lowest BCUT2D eigenvalue weighted by Gasteiger charge is -2.32. The molecule has 4 heteroatoms. The van der Waals surface area contributed by atoms with Gasteiger partial charge < -0.3 is 20.3 Å². The van der Waals surface area contributed by atoms with Crippen molar-refractivity contribution >= 4 is 0 Å². The molecule has 1 heterocycles. The van der Waals surface area contributed by atoms with Crippen LogP contribution in [0.4, 0.5) is 0 Å². The van der Waals surface area contributed by atoms with Crippen LogP contribution in [0.5, 0.6) is 11.5 Å². The molecule has 3 unspecified atom stereocenters. The van der Waals surface area contributed by atoms with E-state index in [2.05, 4.69) is 12.2 Å². The van der Waals surface area contributed by atoms with Crippen LogP contribution in [0.2, 0.25) is 0 Å². The summed E-state index contributed by atoms with van der Waals surface area (Å²) < 4.78 is 5.42. The molecule has 18 heavy (non-hydrogen) atoms. The molecule has 1 fully saturated rings. The molecular formula is C14H21NO3. The van der Waals surface area contributed by atoms with E-state index in [-0.39, 0.29) is 17.5 Å². The Balaban J connectivity index is 2.04. The van der Waals surface area contributed by atoms with Crippen molar-refractivity contribution < 1.29 is 14.9 Å². The molecule has 100 valence electrons. The Bertz CT molecular complexity index is 388. The summed E-state index contributed by atoms with van der Waals surface area (Å²) in [7, 11) is 0. The van der Waals surface area contributed by atoms with Crippen molar-refractivity contribution in [1.29, 1.82) is 0 Å². The summed E-state index contributed by atoms with van der Waals surface area (Å²) in [5.41, 5.74) is 0.895. The van der Waals surface area contributed by atoms with Gasteiger partial charge in [0.25, 0.3) is 0 Å². The third-order valence-corrected chi connectivity index (χ3v) is 3.53. The highest BCUT2D eigenvalue weighted by Crippen LogP contribution is 2.26. The predicted octanol–water partition coefficient (Wildman–Crippen LogP) is 2.17. The van der Waals surface area contributed by atoms with E-state index in [0.29, 0.717) is 12.0 Å². The standard InChI is InChI=1S/C14H21NO3/c1-9-8-18-4-3-14(9)15-10(2)11-5-12(16)7-13(17)6-11/h5-7,9-10,14-17H,3-4,8H2,1-2H3. The van der Waals surface area contributed by atoms with E-state index in [4.69, 9.17) is 4.74 Å². The Morgan fingerprint density at radius 3 is 2.56 bits per heavy atom. The zero-order valence-electron chi connectivity index (χ0n) is 10.9. The maximum Gasteiger partial charge on any atom is 0.119 e. The van der Waals surface area contributed by atoms with E-state index in [1.807, 2.05) is 6.92 Å². The van der Waals surface area contributed by atoms with Crippen molar-refractivity contribution in [3.8, 4) is 11.5 Å². The van der Waals surface area contributed by atoms with Crippen molar-refractivity contribution in [2.75, 3.05) is 13.2 Å². The molecule has 1 aromatic rings. The van der Waals surface area contributed by atoms with Crippen molar-refractivity contribution in [2.24, 2.45) is 5.92 Å². The zero-order valence-corrected chi connectivity index (χ0v) is 10.9. The van der Waals surface area contributed by atoms with Crippen LogP contribution in [0.1, 0.15) is 31.9 Å². The first kappa shape index (κ1) is 13.2. The van der Waals surface area contributed by atoms with Gasteiger partial charge in [-0.1, -0.05) is 6.92 Å². The molecule has 3 N–H and O–H groups in total. The summed E-state index contributed by atoms with van der Waals surface area (Å²) >= 11 is 0. The second kappa shape index (κ2) is 5.59. The second-order valence-corrected chi connectivity index (χ2v) is 5.12. The third-order valence-electron chi connectivity index (χ3n) is 3.53. The number of rotatable bonds is 3. The van der Waals surface area contributed by atoms with Crippen LogP contribution in [0.25, 0.3) is 0 Å². The Hall–Kier alpha value is -1.26. The fraction of sp³-hybridized carbons (Fsp3) is 0.571. The Morgan fingerprint density at radius 1 is 1.28 bits per heavy atom. The maximum atomic E-state index is 9.49. The van der Waals surface area contributed by atoms with Crippen LogP contribution in [0.15, 0.2) is 18.2 Å². The summed E-state index contributed by atoms with van der Waals surface area (Å²) in [6, 6.07) is 5.21. The van der Waals surface area contributed by atoms with Crippen LogP contribution in [0, 0.1) is 5.92 Å². The summed E-state index contributed by atoms with van der Waals surface area (Å²) in [6.45, 7) is 5.79. The van der Waals surface area contributed by atoms with E-state index in [1.54, 1.807) is 12.1 Å². The first-order valence-corrected chi connectivity index (χ1v) is 6.43. The number of aromatic hydroxyl groups is 2. The minimum Gasteiger partial charge on any atom is -0.508 e. The average molecular weight is 251 g/mol. The average Bonchev–Trinajstić information content (AvgIpc) is 2.31. The van der Waals surface area contributed by atoms with Crippen molar-refractivity contribution in [2.45, 2.75) is 32.4 Å². The maximum absolute atomic E-state index is 9.49. The quantitative estimate of drug-likeness (QED) is 0.770. The lowest BCUT2D eigenvalue weighted by Crippen LogP contribution is -2.42. The SMILES string of the molecule is CC(NC1CCOCC1C)c1cc(O)cc(O)c1. The van der Waals surface area contributed by atoms with E-state index >= 15 is 0 Å². The van der Waals surface area contributed by atoms with Gasteiger partial charge in [0, 0.05) is 24.8 Å². The van der Waals surface area contributed by atoms with Crippen molar-refractivity contribution in [1.82, 2.24) is 5.32 Å². The van der Waals surface area contributed by atoms with Gasteiger partial charge in [0.05, 0.1) is 6.61 Å². The molecule has 3 atom stereocenters. The number of hydrogen-bond acceptors (Lipinski definition) is 4. The van der Waals surface area contributed by atoms with Gasteiger partial charge in [0.1, 0.15) is 11.5 Å². The van der Waals surface area contributed by atoms with E-state index in [0.717, 1.165) is 25.2 Å². The first-order valence-electron chi connectivity index (χ1n) is 6.43. The van der Waals surface area contributed by atoms with E-state index in [1.165, 1.54) is 6.07 Å². The highest BCUT2D eigenvalue weighted by molar-refractivity contribution is 5.37. The zero-order chi connectivity index (χ0) is 13.1. The molecule has 0 amide bonds. The summed E-state index contributed by atoms with van der Waals surface area (Å²) in [6.07, 6.45) is 0.996.